The van der Waals surface area contributed by atoms with Crippen LogP contribution in [-0.2, 0) is 0 Å². The van der Waals surface area contributed by atoms with Gasteiger partial charge in [-0.3, -0.25) is 9.59 Å². The van der Waals surface area contributed by atoms with Crippen molar-refractivity contribution in [3.05, 3.63) is 70.4 Å². The molecule has 6 rings (SSSR count). The quantitative estimate of drug-likeness (QED) is 0.407. The number of nitrogens with one attached hydrogen (secondary N) is 2. The van der Waals surface area contributed by atoms with Crippen LogP contribution in [0.15, 0.2) is 53.6 Å². The van der Waals surface area contributed by atoms with E-state index in [1.807, 2.05) is 24.3 Å². The first-order chi connectivity index (χ1) is 16.5. The molecule has 1 aromatic carbocycles. The van der Waals surface area contributed by atoms with E-state index in [-0.39, 0.29) is 36.1 Å². The number of aliphatic hydroxyl groups excluding tert-OH is 1. The SMILES string of the molecule is O=C(N[C@H]1CC2(C1)C[C@H](c1n[nH]c(=O)c3ccccc31)C2)c1cnn2cc(OCCO)ccc12. The Morgan fingerprint density at radius 2 is 1.97 bits per heavy atom. The van der Waals surface area contributed by atoms with Crippen molar-refractivity contribution in [3.63, 3.8) is 0 Å². The topological polar surface area (TPSA) is 122 Å². The van der Waals surface area contributed by atoms with Gasteiger partial charge in [0.15, 0.2) is 0 Å². The van der Waals surface area contributed by atoms with Crippen LogP contribution in [0.2, 0.25) is 0 Å². The number of carbonyl (C=O) groups is 1. The molecule has 0 bridgehead atoms. The van der Waals surface area contributed by atoms with Crippen LogP contribution in [0.4, 0.5) is 0 Å². The van der Waals surface area contributed by atoms with Gasteiger partial charge in [0.2, 0.25) is 0 Å². The molecular formula is C25H25N5O4. The van der Waals surface area contributed by atoms with E-state index in [9.17, 15) is 9.59 Å². The van der Waals surface area contributed by atoms with Gasteiger partial charge in [-0.2, -0.15) is 10.2 Å². The van der Waals surface area contributed by atoms with E-state index in [2.05, 4.69) is 20.6 Å². The van der Waals surface area contributed by atoms with Crippen molar-refractivity contribution in [1.82, 2.24) is 25.1 Å². The average Bonchev–Trinajstić information content (AvgIpc) is 3.23. The van der Waals surface area contributed by atoms with E-state index in [1.54, 1.807) is 29.0 Å². The Morgan fingerprint density at radius 3 is 2.76 bits per heavy atom. The Bertz CT molecular complexity index is 1440. The first-order valence-corrected chi connectivity index (χ1v) is 11.5. The maximum absolute atomic E-state index is 12.9. The molecule has 9 heteroatoms. The smallest absolute Gasteiger partial charge is 0.272 e. The number of nitrogens with zero attached hydrogens (tertiary/aromatic N) is 3. The van der Waals surface area contributed by atoms with Crippen LogP contribution in [0.5, 0.6) is 5.75 Å². The molecule has 2 saturated carbocycles. The van der Waals surface area contributed by atoms with Gasteiger partial charge in [0.25, 0.3) is 11.5 Å². The van der Waals surface area contributed by atoms with Gasteiger partial charge in [-0.1, -0.05) is 18.2 Å². The number of hydrogen-bond acceptors (Lipinski definition) is 6. The maximum Gasteiger partial charge on any atom is 0.272 e. The van der Waals surface area contributed by atoms with Gasteiger partial charge in [-0.25, -0.2) is 9.61 Å². The normalized spacial score (nSPS) is 23.6. The summed E-state index contributed by atoms with van der Waals surface area (Å²) in [5, 5.41) is 25.0. The van der Waals surface area contributed by atoms with Gasteiger partial charge in [0.05, 0.1) is 41.2 Å². The number of carbonyl (C=O) groups excluding carboxylic acids is 1. The molecular weight excluding hydrogens is 434 g/mol. The molecule has 0 atom stereocenters. The predicted molar refractivity (Wildman–Crippen MR) is 125 cm³/mol. The lowest BCUT2D eigenvalue weighted by Crippen LogP contribution is -2.55. The van der Waals surface area contributed by atoms with Crippen LogP contribution in [0.1, 0.15) is 47.7 Å². The number of hydrogen-bond donors (Lipinski definition) is 3. The van der Waals surface area contributed by atoms with Crippen molar-refractivity contribution >= 4 is 22.2 Å². The van der Waals surface area contributed by atoms with Crippen LogP contribution < -0.4 is 15.6 Å². The summed E-state index contributed by atoms with van der Waals surface area (Å²) >= 11 is 0. The molecule has 1 amide bonds. The summed E-state index contributed by atoms with van der Waals surface area (Å²) in [6, 6.07) is 11.3. The minimum absolute atomic E-state index is 0.0631. The minimum atomic E-state index is -0.151. The zero-order valence-corrected chi connectivity index (χ0v) is 18.5. The summed E-state index contributed by atoms with van der Waals surface area (Å²) in [7, 11) is 0. The number of fused-ring (bicyclic) bond motifs is 2. The predicted octanol–water partition coefficient (Wildman–Crippen LogP) is 2.40. The third kappa shape index (κ3) is 3.43. The number of aromatic amines is 1. The van der Waals surface area contributed by atoms with Gasteiger partial charge >= 0.3 is 0 Å². The Kier molecular flexibility index (Phi) is 4.88. The number of pyridine rings is 1. The molecule has 0 saturated heterocycles. The third-order valence-electron chi connectivity index (χ3n) is 7.26. The maximum atomic E-state index is 12.9. The molecule has 2 aliphatic carbocycles. The molecule has 3 aromatic heterocycles. The lowest BCUT2D eigenvalue weighted by Gasteiger charge is -2.57. The number of rotatable bonds is 6. The van der Waals surface area contributed by atoms with Crippen molar-refractivity contribution in [2.75, 3.05) is 13.2 Å². The average molecular weight is 460 g/mol. The summed E-state index contributed by atoms with van der Waals surface area (Å²) in [6.45, 7) is 0.144. The van der Waals surface area contributed by atoms with Crippen LogP contribution in [0.3, 0.4) is 0 Å². The molecule has 3 heterocycles. The standard InChI is InChI=1S/C25H25N5O4/c31-7-8-34-17-5-6-21-20(13-26-30(21)14-17)23(32)27-16-11-25(12-16)9-15(10-25)22-18-3-1-2-4-19(18)24(33)29-28-22/h1-6,13-16,31H,7-12H2,(H,27,32)(H,29,33)/t15-,16-,25?. The first-order valence-electron chi connectivity index (χ1n) is 11.5. The lowest BCUT2D eigenvalue weighted by molar-refractivity contribution is -0.0196. The van der Waals surface area contributed by atoms with Crippen molar-refractivity contribution in [3.8, 4) is 5.75 Å². The molecule has 0 unspecified atom stereocenters. The van der Waals surface area contributed by atoms with Gasteiger partial charge in [-0.15, -0.1) is 0 Å². The Balaban J connectivity index is 1.08. The fraction of sp³-hybridized carbons (Fsp3) is 0.360. The Labute approximate surface area is 194 Å². The molecule has 1 spiro atoms. The van der Waals surface area contributed by atoms with E-state index < -0.39 is 0 Å². The van der Waals surface area contributed by atoms with Gasteiger partial charge in [0, 0.05) is 17.3 Å². The van der Waals surface area contributed by atoms with Crippen LogP contribution in [0.25, 0.3) is 16.3 Å². The fourth-order valence-corrected chi connectivity index (χ4v) is 5.70. The van der Waals surface area contributed by atoms with Crippen molar-refractivity contribution in [1.29, 1.82) is 0 Å². The Morgan fingerprint density at radius 1 is 1.18 bits per heavy atom. The monoisotopic (exact) mass is 459 g/mol. The largest absolute Gasteiger partial charge is 0.490 e. The number of amides is 1. The second kappa shape index (κ2) is 7.95. The van der Waals surface area contributed by atoms with E-state index in [0.29, 0.717) is 28.1 Å². The molecule has 2 aliphatic rings. The lowest BCUT2D eigenvalue weighted by atomic mass is 9.49. The van der Waals surface area contributed by atoms with E-state index in [1.165, 1.54) is 0 Å². The van der Waals surface area contributed by atoms with Crippen molar-refractivity contribution in [2.45, 2.75) is 37.6 Å². The van der Waals surface area contributed by atoms with E-state index in [4.69, 9.17) is 9.84 Å². The molecule has 0 radical (unpaired) electrons. The second-order valence-corrected chi connectivity index (χ2v) is 9.49. The number of aromatic nitrogens is 4. The highest BCUT2D eigenvalue weighted by Gasteiger charge is 2.54. The number of H-pyrrole nitrogens is 1. The van der Waals surface area contributed by atoms with E-state index in [0.717, 1.165) is 36.8 Å². The van der Waals surface area contributed by atoms with Crippen LogP contribution in [-0.4, -0.2) is 50.1 Å². The molecule has 0 aliphatic heterocycles. The molecule has 3 N–H and O–H groups in total. The van der Waals surface area contributed by atoms with E-state index >= 15 is 0 Å². The highest BCUT2D eigenvalue weighted by molar-refractivity contribution is 6.00. The summed E-state index contributed by atoms with van der Waals surface area (Å²) in [6.07, 6.45) is 7.22. The molecule has 2 fully saturated rings. The van der Waals surface area contributed by atoms with Gasteiger partial charge in [0.1, 0.15) is 12.4 Å². The van der Waals surface area contributed by atoms with Gasteiger partial charge in [-0.05, 0) is 49.3 Å². The highest BCUT2D eigenvalue weighted by atomic mass is 16.5. The minimum Gasteiger partial charge on any atom is -0.490 e. The van der Waals surface area contributed by atoms with Crippen LogP contribution in [0, 0.1) is 5.41 Å². The highest BCUT2D eigenvalue weighted by Crippen LogP contribution is 2.62. The molecule has 174 valence electrons. The number of aliphatic hydroxyl groups is 1. The number of ether oxygens (including phenoxy) is 1. The zero-order chi connectivity index (χ0) is 23.3. The zero-order valence-electron chi connectivity index (χ0n) is 18.5. The Hall–Kier alpha value is -3.72. The van der Waals surface area contributed by atoms with Gasteiger partial charge < -0.3 is 15.2 Å². The summed E-state index contributed by atoms with van der Waals surface area (Å²) in [5.41, 5.74) is 2.32. The molecule has 4 aromatic rings. The second-order valence-electron chi connectivity index (χ2n) is 9.49. The van der Waals surface area contributed by atoms with Crippen LogP contribution >= 0.6 is 0 Å². The van der Waals surface area contributed by atoms with Crippen molar-refractivity contribution in [2.24, 2.45) is 5.41 Å². The number of benzene rings is 1. The summed E-state index contributed by atoms with van der Waals surface area (Å²) < 4.78 is 7.02. The summed E-state index contributed by atoms with van der Waals surface area (Å²) in [4.78, 5) is 24.9. The molecule has 9 nitrogen and oxygen atoms in total. The first kappa shape index (κ1) is 20.9. The van der Waals surface area contributed by atoms with Crippen molar-refractivity contribution < 1.29 is 14.6 Å². The third-order valence-corrected chi connectivity index (χ3v) is 7.26. The fourth-order valence-electron chi connectivity index (χ4n) is 5.70. The molecule has 34 heavy (non-hydrogen) atoms. The summed E-state index contributed by atoms with van der Waals surface area (Å²) in [5.74, 6) is 0.796.